The molecule has 0 aliphatic heterocycles. The van der Waals surface area contributed by atoms with Gasteiger partial charge in [-0.25, -0.2) is 13.2 Å². The standard InChI is InChI=1S/C24H32N2O6SSi/c1-16(27)22(23(28)26-33(30,31)13-14-34(2,3)4)25-24(29)32-15-21-19-11-7-5-9-17(19)18-10-6-8-12-20(18)21/h5-12,16,21-22,27H,13-15H2,1-4H3,(H,25,29)(H,26,28)/t16-,22+/m1/s1. The molecule has 10 heteroatoms. The van der Waals surface area contributed by atoms with Crippen molar-refractivity contribution in [3.8, 4) is 11.1 Å². The molecule has 1 aliphatic rings. The lowest BCUT2D eigenvalue weighted by atomic mass is 9.98. The van der Waals surface area contributed by atoms with Crippen LogP contribution in [0, 0.1) is 0 Å². The number of ether oxygens (including phenoxy) is 1. The van der Waals surface area contributed by atoms with Gasteiger partial charge in [0.15, 0.2) is 0 Å². The summed E-state index contributed by atoms with van der Waals surface area (Å²) < 4.78 is 32.0. The van der Waals surface area contributed by atoms with Crippen LogP contribution < -0.4 is 10.0 Å². The van der Waals surface area contributed by atoms with Crippen molar-refractivity contribution in [1.29, 1.82) is 0 Å². The topological polar surface area (TPSA) is 122 Å². The summed E-state index contributed by atoms with van der Waals surface area (Å²) in [5.41, 5.74) is 4.23. The summed E-state index contributed by atoms with van der Waals surface area (Å²) in [6.07, 6.45) is -2.24. The Hall–Kier alpha value is -2.69. The number of benzene rings is 2. The largest absolute Gasteiger partial charge is 0.449 e. The van der Waals surface area contributed by atoms with Crippen molar-refractivity contribution in [2.45, 2.75) is 50.7 Å². The zero-order valence-electron chi connectivity index (χ0n) is 19.9. The number of rotatable bonds is 9. The van der Waals surface area contributed by atoms with Crippen molar-refractivity contribution >= 4 is 30.1 Å². The molecule has 184 valence electrons. The minimum atomic E-state index is -3.89. The number of carbonyl (C=O) groups is 2. The smallest absolute Gasteiger partial charge is 0.407 e. The third-order valence-corrected chi connectivity index (χ3v) is 9.12. The number of fused-ring (bicyclic) bond motifs is 3. The molecule has 3 rings (SSSR count). The first-order valence-electron chi connectivity index (χ1n) is 11.2. The number of nitrogens with one attached hydrogen (secondary N) is 2. The van der Waals surface area contributed by atoms with E-state index in [-0.39, 0.29) is 18.3 Å². The molecule has 1 aliphatic carbocycles. The minimum absolute atomic E-state index is 0.0303. The fourth-order valence-electron chi connectivity index (χ4n) is 3.88. The van der Waals surface area contributed by atoms with Gasteiger partial charge in [-0.05, 0) is 35.2 Å². The van der Waals surface area contributed by atoms with Crippen LogP contribution >= 0.6 is 0 Å². The van der Waals surface area contributed by atoms with Gasteiger partial charge < -0.3 is 15.2 Å². The third-order valence-electron chi connectivity index (χ3n) is 5.76. The van der Waals surface area contributed by atoms with Crippen LogP contribution in [0.1, 0.15) is 24.0 Å². The molecule has 2 atom stereocenters. The quantitative estimate of drug-likeness (QED) is 0.451. The van der Waals surface area contributed by atoms with Crippen LogP contribution in [-0.2, 0) is 19.6 Å². The molecule has 0 unspecified atom stereocenters. The highest BCUT2D eigenvalue weighted by Gasteiger charge is 2.32. The minimum Gasteiger partial charge on any atom is -0.449 e. The van der Waals surface area contributed by atoms with Gasteiger partial charge in [0.25, 0.3) is 5.91 Å². The molecular formula is C24H32N2O6SSi. The Morgan fingerprint density at radius 2 is 1.56 bits per heavy atom. The van der Waals surface area contributed by atoms with Crippen molar-refractivity contribution in [2.24, 2.45) is 0 Å². The van der Waals surface area contributed by atoms with E-state index in [9.17, 15) is 23.1 Å². The molecule has 2 aromatic carbocycles. The molecule has 0 bridgehead atoms. The highest BCUT2D eigenvalue weighted by Crippen LogP contribution is 2.44. The van der Waals surface area contributed by atoms with E-state index in [1.54, 1.807) is 0 Å². The highest BCUT2D eigenvalue weighted by molar-refractivity contribution is 7.90. The van der Waals surface area contributed by atoms with Crippen LogP contribution in [0.3, 0.4) is 0 Å². The Morgan fingerprint density at radius 1 is 1.03 bits per heavy atom. The number of aliphatic hydroxyl groups excluding tert-OH is 1. The van der Waals surface area contributed by atoms with E-state index < -0.39 is 42.2 Å². The Kier molecular flexibility index (Phi) is 7.84. The fraction of sp³-hybridized carbons (Fsp3) is 0.417. The molecule has 0 radical (unpaired) electrons. The average Bonchev–Trinajstić information content (AvgIpc) is 3.07. The highest BCUT2D eigenvalue weighted by atomic mass is 32.2. The second-order valence-corrected chi connectivity index (χ2v) is 17.2. The van der Waals surface area contributed by atoms with Crippen LogP contribution in [0.25, 0.3) is 11.1 Å². The summed E-state index contributed by atoms with van der Waals surface area (Å²) in [4.78, 5) is 25.0. The predicted molar refractivity (Wildman–Crippen MR) is 134 cm³/mol. The van der Waals surface area contributed by atoms with E-state index in [0.29, 0.717) is 6.04 Å². The monoisotopic (exact) mass is 504 g/mol. The number of aliphatic hydroxyl groups is 1. The molecular weight excluding hydrogens is 472 g/mol. The molecule has 2 aromatic rings. The van der Waals surface area contributed by atoms with Crippen molar-refractivity contribution < 1.29 is 27.9 Å². The van der Waals surface area contributed by atoms with Crippen molar-refractivity contribution in [2.75, 3.05) is 12.4 Å². The van der Waals surface area contributed by atoms with E-state index in [4.69, 9.17) is 4.74 Å². The van der Waals surface area contributed by atoms with E-state index in [2.05, 4.69) is 5.32 Å². The molecule has 0 saturated carbocycles. The maximum Gasteiger partial charge on any atom is 0.407 e. The second kappa shape index (κ2) is 10.3. The van der Waals surface area contributed by atoms with Gasteiger partial charge in [-0.15, -0.1) is 0 Å². The maximum absolute atomic E-state index is 12.5. The van der Waals surface area contributed by atoms with Crippen molar-refractivity contribution in [3.05, 3.63) is 59.7 Å². The summed E-state index contributed by atoms with van der Waals surface area (Å²) >= 11 is 0. The Labute approximate surface area is 201 Å². The molecule has 0 heterocycles. The normalized spacial score (nSPS) is 15.1. The SMILES string of the molecule is C[C@@H](O)[C@H](NC(=O)OCC1c2ccccc2-c2ccccc21)C(=O)NS(=O)(=O)CC[Si](C)(C)C. The lowest BCUT2D eigenvalue weighted by Crippen LogP contribution is -2.54. The second-order valence-electron chi connectivity index (χ2n) is 9.78. The van der Waals surface area contributed by atoms with Gasteiger partial charge in [0.2, 0.25) is 10.0 Å². The molecule has 3 N–H and O–H groups in total. The van der Waals surface area contributed by atoms with Gasteiger partial charge in [-0.2, -0.15) is 0 Å². The van der Waals surface area contributed by atoms with E-state index >= 15 is 0 Å². The summed E-state index contributed by atoms with van der Waals surface area (Å²) in [7, 11) is -5.53. The Morgan fingerprint density at radius 3 is 2.06 bits per heavy atom. The molecule has 34 heavy (non-hydrogen) atoms. The number of amides is 2. The van der Waals surface area contributed by atoms with E-state index in [1.807, 2.05) is 72.9 Å². The van der Waals surface area contributed by atoms with Crippen molar-refractivity contribution in [1.82, 2.24) is 10.0 Å². The van der Waals surface area contributed by atoms with Crippen LogP contribution in [0.15, 0.2) is 48.5 Å². The van der Waals surface area contributed by atoms with Gasteiger partial charge in [-0.1, -0.05) is 68.2 Å². The summed E-state index contributed by atoms with van der Waals surface area (Å²) in [5.74, 6) is -1.36. The van der Waals surface area contributed by atoms with Gasteiger partial charge >= 0.3 is 6.09 Å². The molecule has 0 fully saturated rings. The molecule has 0 aromatic heterocycles. The number of carbonyl (C=O) groups excluding carboxylic acids is 2. The summed E-state index contributed by atoms with van der Waals surface area (Å²) in [6.45, 7) is 7.41. The van der Waals surface area contributed by atoms with Crippen LogP contribution in [0.5, 0.6) is 0 Å². The van der Waals surface area contributed by atoms with Gasteiger partial charge in [0.05, 0.1) is 11.9 Å². The first-order chi connectivity index (χ1) is 15.9. The zero-order chi connectivity index (χ0) is 25.1. The number of hydrogen-bond donors (Lipinski definition) is 3. The Bertz CT molecular complexity index is 1110. The van der Waals surface area contributed by atoms with Crippen LogP contribution in [0.2, 0.25) is 25.7 Å². The number of hydrogen-bond acceptors (Lipinski definition) is 6. The predicted octanol–water partition coefficient (Wildman–Crippen LogP) is 3.06. The lowest BCUT2D eigenvalue weighted by Gasteiger charge is -2.22. The van der Waals surface area contributed by atoms with Gasteiger partial charge in [-0.3, -0.25) is 9.52 Å². The van der Waals surface area contributed by atoms with E-state index in [0.717, 1.165) is 22.3 Å². The summed E-state index contributed by atoms with van der Waals surface area (Å²) in [6, 6.07) is 14.8. The van der Waals surface area contributed by atoms with Gasteiger partial charge in [0.1, 0.15) is 12.6 Å². The molecule has 0 saturated heterocycles. The zero-order valence-corrected chi connectivity index (χ0v) is 21.7. The maximum atomic E-state index is 12.5. The number of sulfonamides is 1. The first kappa shape index (κ1) is 25.9. The number of alkyl carbamates (subject to hydrolysis) is 1. The third kappa shape index (κ3) is 6.46. The molecule has 8 nitrogen and oxygen atoms in total. The summed E-state index contributed by atoms with van der Waals surface area (Å²) in [5, 5.41) is 12.3. The Balaban J connectivity index is 1.63. The average molecular weight is 505 g/mol. The molecule has 0 spiro atoms. The molecule has 2 amide bonds. The van der Waals surface area contributed by atoms with Crippen molar-refractivity contribution in [3.63, 3.8) is 0 Å². The van der Waals surface area contributed by atoms with Gasteiger partial charge in [0, 0.05) is 14.0 Å². The fourth-order valence-corrected chi connectivity index (χ4v) is 7.94. The van der Waals surface area contributed by atoms with Crippen LogP contribution in [-0.4, -0.2) is 58.1 Å². The lowest BCUT2D eigenvalue weighted by molar-refractivity contribution is -0.123. The van der Waals surface area contributed by atoms with Crippen LogP contribution in [0.4, 0.5) is 4.79 Å². The first-order valence-corrected chi connectivity index (χ1v) is 16.6. The van der Waals surface area contributed by atoms with E-state index in [1.165, 1.54) is 6.92 Å².